The summed E-state index contributed by atoms with van der Waals surface area (Å²) in [6.07, 6.45) is 56.5. The molecule has 0 bridgehead atoms. The number of nitrogens with zero attached hydrogens (tertiary/aromatic N) is 1. The van der Waals surface area contributed by atoms with E-state index in [-0.39, 0.29) is 36.2 Å². The zero-order valence-corrected chi connectivity index (χ0v) is 40.6. The number of quaternary nitrogens is 1. The lowest BCUT2D eigenvalue weighted by molar-refractivity contribution is -0.887. The maximum Gasteiger partial charge on any atom is 0.362 e. The number of esters is 2. The largest absolute Gasteiger partial charge is 0.477 e. The summed E-state index contributed by atoms with van der Waals surface area (Å²) >= 11 is 0. The van der Waals surface area contributed by atoms with Gasteiger partial charge in [0.05, 0.1) is 34.4 Å². The molecule has 0 spiro atoms. The normalized spacial score (nSPS) is 13.5. The smallest absolute Gasteiger partial charge is 0.362 e. The predicted octanol–water partition coefficient (Wildman–Crippen LogP) is 14.3. The fraction of sp³-hybridized carbons (Fsp3) is 0.722. The maximum absolute atomic E-state index is 12.8. The van der Waals surface area contributed by atoms with Gasteiger partial charge in [-0.1, -0.05) is 189 Å². The van der Waals surface area contributed by atoms with Crippen LogP contribution in [0.5, 0.6) is 0 Å². The van der Waals surface area contributed by atoms with Gasteiger partial charge >= 0.3 is 17.9 Å². The van der Waals surface area contributed by atoms with E-state index in [1.807, 2.05) is 21.1 Å². The van der Waals surface area contributed by atoms with Crippen molar-refractivity contribution in [1.29, 1.82) is 0 Å². The Morgan fingerprint density at radius 3 is 1.31 bits per heavy atom. The molecule has 0 heterocycles. The maximum atomic E-state index is 12.8. The highest BCUT2D eigenvalue weighted by Gasteiger charge is 2.31. The fourth-order valence-corrected chi connectivity index (χ4v) is 7.04. The monoisotopic (exact) mass is 869 g/mol. The van der Waals surface area contributed by atoms with Crippen molar-refractivity contribution < 1.29 is 38.2 Å². The van der Waals surface area contributed by atoms with Crippen LogP contribution in [0.2, 0.25) is 0 Å². The van der Waals surface area contributed by atoms with Gasteiger partial charge in [0.1, 0.15) is 6.61 Å². The molecule has 0 aliphatic carbocycles. The molecule has 356 valence electrons. The standard InChI is InChI=1S/C54H93NO7/c1-6-8-10-12-14-16-18-20-22-24-26-27-29-31-33-35-37-39-41-43-45-53(57)62-50(48-60-47-46-51(54(58)59)55(3,4)5)49-61-52(56)44-42-40-38-36-34-32-30-28-25-23-21-19-17-15-13-11-9-7-2/h15-23,25,28,30,50-51H,6-14,24,26-27,29,31-49H2,1-5H3/p+1/b17-15+,18-16+,21-19+,22-20+,25-23+,30-28+. The molecule has 0 saturated heterocycles. The van der Waals surface area contributed by atoms with Gasteiger partial charge in [-0.25, -0.2) is 4.79 Å². The van der Waals surface area contributed by atoms with Crippen LogP contribution in [0.15, 0.2) is 72.9 Å². The van der Waals surface area contributed by atoms with Crippen LogP contribution in [-0.4, -0.2) is 80.6 Å². The van der Waals surface area contributed by atoms with Crippen molar-refractivity contribution in [2.24, 2.45) is 0 Å². The van der Waals surface area contributed by atoms with Crippen molar-refractivity contribution >= 4 is 17.9 Å². The third-order valence-corrected chi connectivity index (χ3v) is 11.0. The van der Waals surface area contributed by atoms with Crippen molar-refractivity contribution in [3.05, 3.63) is 72.9 Å². The van der Waals surface area contributed by atoms with E-state index in [9.17, 15) is 19.5 Å². The highest BCUT2D eigenvalue weighted by Crippen LogP contribution is 2.14. The number of rotatable bonds is 44. The first-order valence-corrected chi connectivity index (χ1v) is 25.0. The molecule has 2 atom stereocenters. The van der Waals surface area contributed by atoms with Crippen LogP contribution in [0.3, 0.4) is 0 Å². The third kappa shape index (κ3) is 42.1. The first-order valence-electron chi connectivity index (χ1n) is 25.0. The van der Waals surface area contributed by atoms with E-state index in [2.05, 4.69) is 86.8 Å². The highest BCUT2D eigenvalue weighted by atomic mass is 16.6. The summed E-state index contributed by atoms with van der Waals surface area (Å²) in [4.78, 5) is 37.1. The Morgan fingerprint density at radius 2 is 0.855 bits per heavy atom. The molecule has 0 amide bonds. The van der Waals surface area contributed by atoms with Crippen molar-refractivity contribution in [3.63, 3.8) is 0 Å². The van der Waals surface area contributed by atoms with Gasteiger partial charge in [-0.2, -0.15) is 0 Å². The number of hydrogen-bond donors (Lipinski definition) is 1. The van der Waals surface area contributed by atoms with Gasteiger partial charge in [0.25, 0.3) is 0 Å². The van der Waals surface area contributed by atoms with E-state index in [1.165, 1.54) is 103 Å². The second-order valence-electron chi connectivity index (χ2n) is 17.8. The van der Waals surface area contributed by atoms with Crippen molar-refractivity contribution in [3.8, 4) is 0 Å². The average molecular weight is 869 g/mol. The number of allylic oxidation sites excluding steroid dienone is 12. The minimum atomic E-state index is -0.881. The minimum Gasteiger partial charge on any atom is -0.477 e. The molecule has 0 radical (unpaired) electrons. The van der Waals surface area contributed by atoms with Crippen molar-refractivity contribution in [1.82, 2.24) is 0 Å². The Hall–Kier alpha value is -3.23. The summed E-state index contributed by atoms with van der Waals surface area (Å²) in [5.41, 5.74) is 0. The zero-order valence-electron chi connectivity index (χ0n) is 40.6. The minimum absolute atomic E-state index is 0.0489. The Morgan fingerprint density at radius 1 is 0.484 bits per heavy atom. The number of carboxylic acid groups (broad SMARTS) is 1. The molecule has 62 heavy (non-hydrogen) atoms. The molecule has 0 aromatic rings. The van der Waals surface area contributed by atoms with Crippen molar-refractivity contribution in [2.45, 2.75) is 212 Å². The number of carbonyl (C=O) groups is 3. The molecule has 0 rings (SSSR count). The SMILES string of the molecule is CCCCC/C=C/C=C/C=C/C=C/CCCCCCCC(=O)OCC(COCCC(C(=O)O)[N+](C)(C)C)OC(=O)CCCCCCCCCCCC/C=C/C=C/CCCCCC. The van der Waals surface area contributed by atoms with Crippen molar-refractivity contribution in [2.75, 3.05) is 41.0 Å². The van der Waals surface area contributed by atoms with Crippen LogP contribution in [-0.2, 0) is 28.6 Å². The van der Waals surface area contributed by atoms with E-state index in [4.69, 9.17) is 14.2 Å². The molecule has 8 nitrogen and oxygen atoms in total. The van der Waals surface area contributed by atoms with E-state index >= 15 is 0 Å². The third-order valence-electron chi connectivity index (χ3n) is 11.0. The number of unbranched alkanes of at least 4 members (excludes halogenated alkanes) is 22. The van der Waals surface area contributed by atoms with Crippen LogP contribution in [0.1, 0.15) is 200 Å². The van der Waals surface area contributed by atoms with Gasteiger partial charge in [-0.05, 0) is 64.2 Å². The molecule has 8 heteroatoms. The molecule has 0 aromatic heterocycles. The van der Waals surface area contributed by atoms with Crippen LogP contribution < -0.4 is 0 Å². The summed E-state index contributed by atoms with van der Waals surface area (Å²) in [5.74, 6) is -1.50. The van der Waals surface area contributed by atoms with Crippen LogP contribution in [0.25, 0.3) is 0 Å². The molecule has 0 aliphatic heterocycles. The van der Waals surface area contributed by atoms with Gasteiger partial charge in [0.15, 0.2) is 12.1 Å². The molecule has 0 aliphatic rings. The summed E-state index contributed by atoms with van der Waals surface area (Å²) in [6.45, 7) is 4.66. The molecular formula is C54H94NO7+. The van der Waals surface area contributed by atoms with Gasteiger partial charge in [-0.3, -0.25) is 9.59 Å². The van der Waals surface area contributed by atoms with Gasteiger partial charge in [0, 0.05) is 19.3 Å². The summed E-state index contributed by atoms with van der Waals surface area (Å²) in [7, 11) is 5.52. The number of likely N-dealkylation sites (N-methyl/N-ethyl adjacent to an activating group) is 1. The Labute approximate surface area is 381 Å². The lowest BCUT2D eigenvalue weighted by Crippen LogP contribution is -2.50. The lowest BCUT2D eigenvalue weighted by atomic mass is 10.1. The highest BCUT2D eigenvalue weighted by molar-refractivity contribution is 5.72. The number of hydrogen-bond acceptors (Lipinski definition) is 6. The van der Waals surface area contributed by atoms with Gasteiger partial charge < -0.3 is 23.8 Å². The summed E-state index contributed by atoms with van der Waals surface area (Å²) < 4.78 is 17.3. The van der Waals surface area contributed by atoms with Crippen LogP contribution in [0.4, 0.5) is 0 Å². The van der Waals surface area contributed by atoms with E-state index in [0.717, 1.165) is 64.2 Å². The predicted molar refractivity (Wildman–Crippen MR) is 261 cm³/mol. The quantitative estimate of drug-likeness (QED) is 0.0282. The second-order valence-corrected chi connectivity index (χ2v) is 17.8. The Balaban J connectivity index is 4.33. The first kappa shape index (κ1) is 58.8. The fourth-order valence-electron chi connectivity index (χ4n) is 7.04. The molecule has 0 aromatic carbocycles. The van der Waals surface area contributed by atoms with Gasteiger partial charge in [-0.15, -0.1) is 0 Å². The number of ether oxygens (including phenoxy) is 3. The van der Waals surface area contributed by atoms with E-state index in [1.54, 1.807) is 0 Å². The summed E-state index contributed by atoms with van der Waals surface area (Å²) in [6, 6.07) is -0.623. The van der Waals surface area contributed by atoms with E-state index in [0.29, 0.717) is 19.3 Å². The molecule has 0 saturated carbocycles. The zero-order chi connectivity index (χ0) is 45.6. The number of carbonyl (C=O) groups excluding carboxylic acids is 2. The molecule has 1 N–H and O–H groups in total. The molecule has 2 unspecified atom stereocenters. The van der Waals surface area contributed by atoms with Crippen LogP contribution in [0, 0.1) is 0 Å². The van der Waals surface area contributed by atoms with Crippen LogP contribution >= 0.6 is 0 Å². The number of carboxylic acids is 1. The second kappa shape index (κ2) is 44.4. The average Bonchev–Trinajstić information content (AvgIpc) is 3.23. The number of aliphatic carboxylic acids is 1. The summed E-state index contributed by atoms with van der Waals surface area (Å²) in [5, 5.41) is 9.65. The lowest BCUT2D eigenvalue weighted by Gasteiger charge is -2.31. The molecule has 0 fully saturated rings. The molecular weight excluding hydrogens is 775 g/mol. The topological polar surface area (TPSA) is 99.1 Å². The Kier molecular flexibility index (Phi) is 42.1. The first-order chi connectivity index (χ1) is 30.1. The van der Waals surface area contributed by atoms with Gasteiger partial charge in [0.2, 0.25) is 0 Å². The Bertz CT molecular complexity index is 1240. The van der Waals surface area contributed by atoms with E-state index < -0.39 is 18.1 Å².